The lowest BCUT2D eigenvalue weighted by atomic mass is 10.1. The van der Waals surface area contributed by atoms with E-state index in [-0.39, 0.29) is 17.9 Å². The summed E-state index contributed by atoms with van der Waals surface area (Å²) in [6.07, 6.45) is 3.46. The van der Waals surface area contributed by atoms with Crippen molar-refractivity contribution in [3.8, 4) is 0 Å². The minimum absolute atomic E-state index is 0.205. The van der Waals surface area contributed by atoms with E-state index in [0.29, 0.717) is 24.8 Å². The largest absolute Gasteiger partial charge is 0.396 e. The molecule has 0 bridgehead atoms. The first kappa shape index (κ1) is 17.4. The van der Waals surface area contributed by atoms with Gasteiger partial charge in [-0.3, -0.25) is 19.2 Å². The molecule has 1 saturated heterocycles. The van der Waals surface area contributed by atoms with Crippen LogP contribution in [-0.2, 0) is 6.54 Å². The zero-order valence-corrected chi connectivity index (χ0v) is 14.4. The van der Waals surface area contributed by atoms with Crippen LogP contribution in [0.15, 0.2) is 15.7 Å². The van der Waals surface area contributed by atoms with E-state index in [1.165, 1.54) is 23.5 Å². The first-order chi connectivity index (χ1) is 11.6. The van der Waals surface area contributed by atoms with Gasteiger partial charge in [-0.1, -0.05) is 0 Å². The number of H-pyrrole nitrogens is 1. The second-order valence-corrected chi connectivity index (χ2v) is 7.15. The van der Waals surface area contributed by atoms with Crippen molar-refractivity contribution in [1.29, 1.82) is 0 Å². The number of aliphatic hydroxyl groups excluding tert-OH is 1. The highest BCUT2D eigenvalue weighted by Crippen LogP contribution is 2.31. The number of hydrogen-bond acceptors (Lipinski definition) is 5. The van der Waals surface area contributed by atoms with Crippen LogP contribution in [0.5, 0.6) is 0 Å². The minimum Gasteiger partial charge on any atom is -0.396 e. The molecule has 7 heteroatoms. The molecule has 1 saturated carbocycles. The van der Waals surface area contributed by atoms with E-state index in [1.807, 2.05) is 0 Å². The Hall–Kier alpha value is -1.44. The Kier molecular flexibility index (Phi) is 5.53. The average molecular weight is 336 g/mol. The van der Waals surface area contributed by atoms with Gasteiger partial charge in [0.2, 0.25) is 0 Å². The molecule has 1 aliphatic carbocycles. The summed E-state index contributed by atoms with van der Waals surface area (Å²) < 4.78 is 1.27. The summed E-state index contributed by atoms with van der Waals surface area (Å²) in [5.74, 6) is 0.849. The lowest BCUT2D eigenvalue weighted by Gasteiger charge is -2.41. The molecule has 0 radical (unpaired) electrons. The topological polar surface area (TPSA) is 81.6 Å². The van der Waals surface area contributed by atoms with Crippen molar-refractivity contribution in [1.82, 2.24) is 19.4 Å². The van der Waals surface area contributed by atoms with E-state index in [0.717, 1.165) is 38.5 Å². The summed E-state index contributed by atoms with van der Waals surface area (Å²) in [6, 6.07) is 1.83. The number of aryl methyl sites for hydroxylation is 1. The molecule has 2 heterocycles. The van der Waals surface area contributed by atoms with Crippen molar-refractivity contribution < 1.29 is 5.11 Å². The fourth-order valence-electron chi connectivity index (χ4n) is 3.54. The van der Waals surface area contributed by atoms with Gasteiger partial charge in [0.25, 0.3) is 5.56 Å². The fraction of sp³-hybridized carbons (Fsp3) is 0.765. The Morgan fingerprint density at radius 3 is 2.71 bits per heavy atom. The maximum absolute atomic E-state index is 12.0. The zero-order valence-electron chi connectivity index (χ0n) is 14.4. The molecule has 1 aliphatic heterocycles. The Morgan fingerprint density at radius 1 is 1.25 bits per heavy atom. The van der Waals surface area contributed by atoms with Crippen molar-refractivity contribution in [2.24, 2.45) is 5.92 Å². The molecule has 0 amide bonds. The molecular formula is C17H28N4O3. The molecule has 134 valence electrons. The molecule has 24 heavy (non-hydrogen) atoms. The zero-order chi connectivity index (χ0) is 17.1. The second-order valence-electron chi connectivity index (χ2n) is 7.15. The van der Waals surface area contributed by atoms with Crippen LogP contribution in [0.2, 0.25) is 0 Å². The van der Waals surface area contributed by atoms with Gasteiger partial charge in [0, 0.05) is 63.7 Å². The van der Waals surface area contributed by atoms with Crippen LogP contribution in [-0.4, -0.2) is 69.8 Å². The second kappa shape index (κ2) is 7.63. The molecule has 1 aromatic rings. The summed E-state index contributed by atoms with van der Waals surface area (Å²) in [7, 11) is 0. The van der Waals surface area contributed by atoms with E-state index in [9.17, 15) is 14.7 Å². The predicted molar refractivity (Wildman–Crippen MR) is 92.3 cm³/mol. The Bertz CT molecular complexity index is 633. The number of aromatic amines is 1. The number of nitrogens with zero attached hydrogens (tertiary/aromatic N) is 3. The highest BCUT2D eigenvalue weighted by Gasteiger charge is 2.31. The van der Waals surface area contributed by atoms with Gasteiger partial charge < -0.3 is 10.1 Å². The summed E-state index contributed by atoms with van der Waals surface area (Å²) in [6.45, 7) is 7.01. The highest BCUT2D eigenvalue weighted by molar-refractivity contribution is 4.96. The van der Waals surface area contributed by atoms with E-state index in [1.54, 1.807) is 6.92 Å². The number of hydrogen-bond donors (Lipinski definition) is 2. The predicted octanol–water partition coefficient (Wildman–Crippen LogP) is -0.376. The van der Waals surface area contributed by atoms with E-state index in [4.69, 9.17) is 0 Å². The number of piperazine rings is 1. The molecule has 0 aromatic carbocycles. The van der Waals surface area contributed by atoms with Gasteiger partial charge in [0.05, 0.1) is 0 Å². The molecule has 0 unspecified atom stereocenters. The summed E-state index contributed by atoms with van der Waals surface area (Å²) in [5.41, 5.74) is 0.0211. The van der Waals surface area contributed by atoms with Crippen molar-refractivity contribution in [2.45, 2.75) is 38.8 Å². The van der Waals surface area contributed by atoms with Crippen molar-refractivity contribution in [3.05, 3.63) is 32.6 Å². The van der Waals surface area contributed by atoms with Crippen LogP contribution >= 0.6 is 0 Å². The molecule has 1 aromatic heterocycles. The van der Waals surface area contributed by atoms with Gasteiger partial charge in [-0.25, -0.2) is 4.79 Å². The molecule has 2 aliphatic rings. The molecule has 7 nitrogen and oxygen atoms in total. The molecule has 0 spiro atoms. The first-order valence-electron chi connectivity index (χ1n) is 8.95. The van der Waals surface area contributed by atoms with Crippen molar-refractivity contribution in [3.63, 3.8) is 0 Å². The van der Waals surface area contributed by atoms with Crippen molar-refractivity contribution >= 4 is 0 Å². The minimum atomic E-state index is -0.334. The molecule has 2 fully saturated rings. The third-order valence-corrected chi connectivity index (χ3v) is 5.14. The lowest BCUT2D eigenvalue weighted by Crippen LogP contribution is -2.54. The quantitative estimate of drug-likeness (QED) is 0.710. The Morgan fingerprint density at radius 2 is 2.04 bits per heavy atom. The number of aromatic nitrogens is 2. The normalized spacial score (nSPS) is 22.8. The summed E-state index contributed by atoms with van der Waals surface area (Å²) in [4.78, 5) is 31.4. The third-order valence-electron chi connectivity index (χ3n) is 5.14. The number of aliphatic hydroxyl groups is 1. The average Bonchev–Trinajstić information content (AvgIpc) is 3.33. The highest BCUT2D eigenvalue weighted by atomic mass is 16.3. The van der Waals surface area contributed by atoms with Crippen LogP contribution in [0.1, 0.15) is 25.0 Å². The Labute approximate surface area is 141 Å². The monoisotopic (exact) mass is 336 g/mol. The molecule has 3 rings (SSSR count). The van der Waals surface area contributed by atoms with Gasteiger partial charge in [-0.05, 0) is 32.1 Å². The van der Waals surface area contributed by atoms with Crippen LogP contribution in [0.4, 0.5) is 0 Å². The van der Waals surface area contributed by atoms with Crippen LogP contribution in [0.25, 0.3) is 0 Å². The van der Waals surface area contributed by atoms with E-state index >= 15 is 0 Å². The van der Waals surface area contributed by atoms with Gasteiger partial charge >= 0.3 is 5.69 Å². The maximum Gasteiger partial charge on any atom is 0.328 e. The first-order valence-corrected chi connectivity index (χ1v) is 8.95. The van der Waals surface area contributed by atoms with Gasteiger partial charge in [-0.2, -0.15) is 0 Å². The molecule has 2 N–H and O–H groups in total. The maximum atomic E-state index is 12.0. The van der Waals surface area contributed by atoms with Gasteiger partial charge in [0.15, 0.2) is 0 Å². The summed E-state index contributed by atoms with van der Waals surface area (Å²) >= 11 is 0. The standard InChI is InChI=1S/C17H28N4O3/c1-13-10-16(23)21(17(24)18-13)8-6-19-5-7-20(11-14-2-3-14)15(12-19)4-9-22/h10,14-15,22H,2-9,11-12H2,1H3,(H,18,24)/t15-/m1/s1. The van der Waals surface area contributed by atoms with Crippen LogP contribution in [0, 0.1) is 12.8 Å². The van der Waals surface area contributed by atoms with Crippen LogP contribution < -0.4 is 11.2 Å². The molecular weight excluding hydrogens is 308 g/mol. The van der Waals surface area contributed by atoms with Crippen LogP contribution in [0.3, 0.4) is 0 Å². The number of rotatable bonds is 7. The SMILES string of the molecule is Cc1cc(=O)n(CCN2CCN(CC3CC3)[C@H](CCO)C2)c(=O)[nH]1. The number of nitrogens with one attached hydrogen (secondary N) is 1. The van der Waals surface area contributed by atoms with E-state index in [2.05, 4.69) is 14.8 Å². The Balaban J connectivity index is 1.58. The lowest BCUT2D eigenvalue weighted by molar-refractivity contribution is 0.0540. The molecule has 1 atom stereocenters. The van der Waals surface area contributed by atoms with Gasteiger partial charge in [-0.15, -0.1) is 0 Å². The summed E-state index contributed by atoms with van der Waals surface area (Å²) in [5, 5.41) is 9.34. The third kappa shape index (κ3) is 4.34. The van der Waals surface area contributed by atoms with Crippen molar-refractivity contribution in [2.75, 3.05) is 39.3 Å². The van der Waals surface area contributed by atoms with E-state index < -0.39 is 0 Å². The smallest absolute Gasteiger partial charge is 0.328 e. The van der Waals surface area contributed by atoms with Gasteiger partial charge in [0.1, 0.15) is 0 Å². The fourth-order valence-corrected chi connectivity index (χ4v) is 3.54.